The van der Waals surface area contributed by atoms with Crippen LogP contribution in [0.2, 0.25) is 0 Å². The molecule has 0 unspecified atom stereocenters. The van der Waals surface area contributed by atoms with Gasteiger partial charge in [-0.2, -0.15) is 0 Å². The van der Waals surface area contributed by atoms with Gasteiger partial charge in [-0.15, -0.1) is 11.3 Å². The van der Waals surface area contributed by atoms with Gasteiger partial charge in [0.2, 0.25) is 11.8 Å². The molecule has 1 aliphatic heterocycles. The first-order chi connectivity index (χ1) is 13.4. The van der Waals surface area contributed by atoms with Gasteiger partial charge in [-0.05, 0) is 44.4 Å². The second-order valence-electron chi connectivity index (χ2n) is 7.45. The highest BCUT2D eigenvalue weighted by molar-refractivity contribution is 7.14. The van der Waals surface area contributed by atoms with Crippen LogP contribution in [-0.2, 0) is 22.6 Å². The van der Waals surface area contributed by atoms with E-state index in [0.717, 1.165) is 29.7 Å². The van der Waals surface area contributed by atoms with Crippen LogP contribution in [0.5, 0.6) is 0 Å². The number of aromatic amines is 1. The number of carbonyl (C=O) groups excluding carboxylic acids is 2. The van der Waals surface area contributed by atoms with Crippen molar-refractivity contribution < 1.29 is 9.59 Å². The Labute approximate surface area is 168 Å². The van der Waals surface area contributed by atoms with Gasteiger partial charge < -0.3 is 10.3 Å². The smallest absolute Gasteiger partial charge is 0.228 e. The third-order valence-corrected chi connectivity index (χ3v) is 6.22. The van der Waals surface area contributed by atoms with Crippen molar-refractivity contribution in [3.05, 3.63) is 45.6 Å². The molecule has 3 aromatic rings. The average Bonchev–Trinajstić information content (AvgIpc) is 3.35. The first-order valence-corrected chi connectivity index (χ1v) is 10.4. The molecule has 146 valence electrons. The van der Waals surface area contributed by atoms with Crippen molar-refractivity contribution in [3.63, 3.8) is 0 Å². The van der Waals surface area contributed by atoms with Crippen molar-refractivity contribution in [1.82, 2.24) is 15.3 Å². The molecule has 2 N–H and O–H groups in total. The van der Waals surface area contributed by atoms with Crippen LogP contribution in [0.1, 0.15) is 40.9 Å². The Morgan fingerprint density at radius 1 is 1.32 bits per heavy atom. The molecule has 28 heavy (non-hydrogen) atoms. The van der Waals surface area contributed by atoms with Gasteiger partial charge in [0.1, 0.15) is 0 Å². The fourth-order valence-electron chi connectivity index (χ4n) is 3.70. The quantitative estimate of drug-likeness (QED) is 0.692. The van der Waals surface area contributed by atoms with Crippen molar-refractivity contribution in [1.29, 1.82) is 0 Å². The number of hydrogen-bond acceptors (Lipinski definition) is 4. The molecular weight excluding hydrogens is 372 g/mol. The van der Waals surface area contributed by atoms with E-state index >= 15 is 0 Å². The van der Waals surface area contributed by atoms with Gasteiger partial charge in [0, 0.05) is 36.0 Å². The maximum atomic E-state index is 12.4. The number of aryl methyl sites for hydroxylation is 3. The first-order valence-electron chi connectivity index (χ1n) is 9.52. The molecule has 0 spiro atoms. The molecule has 1 saturated heterocycles. The van der Waals surface area contributed by atoms with E-state index < -0.39 is 0 Å². The standard InChI is InChI=1S/C21H24N4O2S/c1-12-7-15(20-17(8-12)13(2)14(3)23-20)10-22-18(26)9-16-11-28-21(24-16)25-6-4-5-19(25)27/h7-8,11,23H,4-6,9-10H2,1-3H3,(H,22,26). The summed E-state index contributed by atoms with van der Waals surface area (Å²) in [5, 5.41) is 6.78. The molecule has 0 saturated carbocycles. The monoisotopic (exact) mass is 396 g/mol. The lowest BCUT2D eigenvalue weighted by atomic mass is 10.0. The van der Waals surface area contributed by atoms with Crippen LogP contribution in [0.25, 0.3) is 10.9 Å². The van der Waals surface area contributed by atoms with E-state index in [0.29, 0.717) is 23.8 Å². The number of carbonyl (C=O) groups is 2. The summed E-state index contributed by atoms with van der Waals surface area (Å²) in [6.45, 7) is 7.44. The zero-order valence-corrected chi connectivity index (χ0v) is 17.2. The lowest BCUT2D eigenvalue weighted by Gasteiger charge is -2.10. The summed E-state index contributed by atoms with van der Waals surface area (Å²) in [6.07, 6.45) is 1.67. The molecule has 7 heteroatoms. The Morgan fingerprint density at radius 2 is 2.14 bits per heavy atom. The molecule has 0 atom stereocenters. The van der Waals surface area contributed by atoms with E-state index in [2.05, 4.69) is 48.2 Å². The molecule has 0 aliphatic carbocycles. The fourth-order valence-corrected chi connectivity index (χ4v) is 4.57. The van der Waals surface area contributed by atoms with Crippen LogP contribution < -0.4 is 10.2 Å². The molecule has 1 fully saturated rings. The summed E-state index contributed by atoms with van der Waals surface area (Å²) in [5.41, 5.74) is 6.46. The molecule has 3 heterocycles. The summed E-state index contributed by atoms with van der Waals surface area (Å²) in [4.78, 5) is 33.9. The topological polar surface area (TPSA) is 78.1 Å². The van der Waals surface area contributed by atoms with Gasteiger partial charge in [-0.3, -0.25) is 14.5 Å². The van der Waals surface area contributed by atoms with Crippen LogP contribution in [0, 0.1) is 20.8 Å². The zero-order chi connectivity index (χ0) is 19.8. The highest BCUT2D eigenvalue weighted by atomic mass is 32.1. The number of fused-ring (bicyclic) bond motifs is 1. The lowest BCUT2D eigenvalue weighted by molar-refractivity contribution is -0.120. The largest absolute Gasteiger partial charge is 0.358 e. The van der Waals surface area contributed by atoms with Crippen molar-refractivity contribution in [2.75, 3.05) is 11.4 Å². The summed E-state index contributed by atoms with van der Waals surface area (Å²) >= 11 is 1.42. The molecule has 6 nitrogen and oxygen atoms in total. The molecule has 0 radical (unpaired) electrons. The summed E-state index contributed by atoms with van der Waals surface area (Å²) < 4.78 is 0. The average molecular weight is 397 g/mol. The van der Waals surface area contributed by atoms with E-state index in [1.54, 1.807) is 4.90 Å². The van der Waals surface area contributed by atoms with Gasteiger partial charge >= 0.3 is 0 Å². The third-order valence-electron chi connectivity index (χ3n) is 5.30. The summed E-state index contributed by atoms with van der Waals surface area (Å²) in [7, 11) is 0. The van der Waals surface area contributed by atoms with E-state index in [-0.39, 0.29) is 18.2 Å². The number of thiazole rings is 1. The molecule has 0 bridgehead atoms. The predicted octanol–water partition coefficient (Wildman–Crippen LogP) is 3.54. The van der Waals surface area contributed by atoms with Crippen molar-refractivity contribution in [2.45, 2.75) is 46.6 Å². The maximum Gasteiger partial charge on any atom is 0.228 e. The van der Waals surface area contributed by atoms with Crippen molar-refractivity contribution in [2.24, 2.45) is 0 Å². The number of anilines is 1. The maximum absolute atomic E-state index is 12.4. The number of hydrogen-bond donors (Lipinski definition) is 2. The molecular formula is C21H24N4O2S. The second-order valence-corrected chi connectivity index (χ2v) is 8.28. The number of H-pyrrole nitrogens is 1. The number of nitrogens with one attached hydrogen (secondary N) is 2. The van der Waals surface area contributed by atoms with E-state index in [1.165, 1.54) is 27.8 Å². The first kappa shape index (κ1) is 18.7. The minimum Gasteiger partial charge on any atom is -0.358 e. The summed E-state index contributed by atoms with van der Waals surface area (Å²) in [5.74, 6) is 0.0459. The van der Waals surface area contributed by atoms with Gasteiger partial charge in [-0.25, -0.2) is 4.98 Å². The number of benzene rings is 1. The molecule has 1 aliphatic rings. The number of amides is 2. The Hall–Kier alpha value is -2.67. The number of aromatic nitrogens is 2. The minimum absolute atomic E-state index is 0.0701. The normalized spacial score (nSPS) is 14.2. The highest BCUT2D eigenvalue weighted by Crippen LogP contribution is 2.27. The fraction of sp³-hybridized carbons (Fsp3) is 0.381. The predicted molar refractivity (Wildman–Crippen MR) is 112 cm³/mol. The number of rotatable bonds is 5. The van der Waals surface area contributed by atoms with Gasteiger partial charge in [0.05, 0.1) is 17.6 Å². The van der Waals surface area contributed by atoms with Gasteiger partial charge in [0.25, 0.3) is 0 Å². The third kappa shape index (κ3) is 3.54. The lowest BCUT2D eigenvalue weighted by Crippen LogP contribution is -2.25. The van der Waals surface area contributed by atoms with Gasteiger partial charge in [0.15, 0.2) is 5.13 Å². The highest BCUT2D eigenvalue weighted by Gasteiger charge is 2.24. The van der Waals surface area contributed by atoms with Crippen molar-refractivity contribution >= 4 is 39.2 Å². The molecule has 4 rings (SSSR count). The Balaban J connectivity index is 1.43. The Bertz CT molecular complexity index is 1070. The summed E-state index contributed by atoms with van der Waals surface area (Å²) in [6, 6.07) is 4.29. The van der Waals surface area contributed by atoms with Crippen LogP contribution in [0.4, 0.5) is 5.13 Å². The zero-order valence-electron chi connectivity index (χ0n) is 16.4. The van der Waals surface area contributed by atoms with E-state index in [4.69, 9.17) is 0 Å². The SMILES string of the molecule is Cc1cc(CNC(=O)Cc2csc(N3CCCC3=O)n2)c2[nH]c(C)c(C)c2c1. The molecule has 1 aromatic carbocycles. The molecule has 2 aromatic heterocycles. The van der Waals surface area contributed by atoms with Gasteiger partial charge in [-0.1, -0.05) is 11.6 Å². The number of nitrogens with zero attached hydrogens (tertiary/aromatic N) is 2. The second kappa shape index (κ2) is 7.39. The van der Waals surface area contributed by atoms with Crippen LogP contribution in [-0.4, -0.2) is 28.3 Å². The van der Waals surface area contributed by atoms with E-state index in [9.17, 15) is 9.59 Å². The van der Waals surface area contributed by atoms with Crippen LogP contribution in [0.15, 0.2) is 17.5 Å². The van der Waals surface area contributed by atoms with Crippen LogP contribution in [0.3, 0.4) is 0 Å². The Morgan fingerprint density at radius 3 is 2.89 bits per heavy atom. The van der Waals surface area contributed by atoms with E-state index in [1.807, 2.05) is 5.38 Å². The van der Waals surface area contributed by atoms with Crippen molar-refractivity contribution in [3.8, 4) is 0 Å². The Kier molecular flexibility index (Phi) is 4.93. The minimum atomic E-state index is -0.0701. The molecule has 2 amide bonds. The van der Waals surface area contributed by atoms with Crippen LogP contribution >= 0.6 is 11.3 Å².